The van der Waals surface area contributed by atoms with Gasteiger partial charge in [0.25, 0.3) is 0 Å². The summed E-state index contributed by atoms with van der Waals surface area (Å²) in [7, 11) is 0. The SMILES string of the molecule is Cc1cc(C)cc(-n2ncc(CN)c2C(C)C)c1. The zero-order valence-electron chi connectivity index (χ0n) is 11.6. The van der Waals surface area contributed by atoms with Gasteiger partial charge in [0.05, 0.1) is 17.6 Å². The molecule has 0 fully saturated rings. The van der Waals surface area contributed by atoms with E-state index in [1.807, 2.05) is 10.9 Å². The highest BCUT2D eigenvalue weighted by atomic mass is 15.3. The van der Waals surface area contributed by atoms with Gasteiger partial charge in [-0.05, 0) is 43.0 Å². The molecule has 0 unspecified atom stereocenters. The molecule has 0 bridgehead atoms. The Balaban J connectivity index is 2.60. The van der Waals surface area contributed by atoms with Gasteiger partial charge >= 0.3 is 0 Å². The summed E-state index contributed by atoms with van der Waals surface area (Å²) >= 11 is 0. The molecule has 0 spiro atoms. The van der Waals surface area contributed by atoms with Gasteiger partial charge < -0.3 is 5.73 Å². The highest BCUT2D eigenvalue weighted by Crippen LogP contribution is 2.23. The van der Waals surface area contributed by atoms with Crippen LogP contribution >= 0.6 is 0 Å². The van der Waals surface area contributed by atoms with Crippen molar-refractivity contribution >= 4 is 0 Å². The number of benzene rings is 1. The van der Waals surface area contributed by atoms with Gasteiger partial charge in [0.2, 0.25) is 0 Å². The fraction of sp³-hybridized carbons (Fsp3) is 0.400. The lowest BCUT2D eigenvalue weighted by Crippen LogP contribution is -2.08. The molecule has 1 aromatic heterocycles. The minimum Gasteiger partial charge on any atom is -0.326 e. The predicted molar refractivity (Wildman–Crippen MR) is 75.0 cm³/mol. The highest BCUT2D eigenvalue weighted by molar-refractivity contribution is 5.41. The second-order valence-corrected chi connectivity index (χ2v) is 5.17. The Bertz CT molecular complexity index is 533. The zero-order chi connectivity index (χ0) is 13.3. The van der Waals surface area contributed by atoms with Crippen LogP contribution < -0.4 is 5.73 Å². The molecule has 2 aromatic rings. The molecule has 1 aromatic carbocycles. The third kappa shape index (κ3) is 2.31. The molecule has 3 heteroatoms. The van der Waals surface area contributed by atoms with Crippen LogP contribution in [0.5, 0.6) is 0 Å². The lowest BCUT2D eigenvalue weighted by Gasteiger charge is -2.13. The van der Waals surface area contributed by atoms with Gasteiger partial charge in [-0.25, -0.2) is 4.68 Å². The minimum atomic E-state index is 0.409. The topological polar surface area (TPSA) is 43.8 Å². The van der Waals surface area contributed by atoms with E-state index in [1.165, 1.54) is 16.8 Å². The number of hydrogen-bond acceptors (Lipinski definition) is 2. The van der Waals surface area contributed by atoms with Crippen molar-refractivity contribution in [3.8, 4) is 5.69 Å². The highest BCUT2D eigenvalue weighted by Gasteiger charge is 2.14. The van der Waals surface area contributed by atoms with E-state index in [1.54, 1.807) is 0 Å². The summed E-state index contributed by atoms with van der Waals surface area (Å²) in [4.78, 5) is 0. The van der Waals surface area contributed by atoms with Crippen molar-refractivity contribution in [2.24, 2.45) is 5.73 Å². The summed E-state index contributed by atoms with van der Waals surface area (Å²) in [6.07, 6.45) is 1.88. The maximum Gasteiger partial charge on any atom is 0.0654 e. The monoisotopic (exact) mass is 243 g/mol. The molecule has 18 heavy (non-hydrogen) atoms. The molecular weight excluding hydrogens is 222 g/mol. The third-order valence-corrected chi connectivity index (χ3v) is 3.10. The molecule has 0 saturated heterocycles. The lowest BCUT2D eigenvalue weighted by atomic mass is 10.1. The Morgan fingerprint density at radius 1 is 1.17 bits per heavy atom. The number of nitrogens with zero attached hydrogens (tertiary/aromatic N) is 2. The Labute approximate surface area is 109 Å². The van der Waals surface area contributed by atoms with Crippen LogP contribution in [-0.2, 0) is 6.54 Å². The first-order valence-corrected chi connectivity index (χ1v) is 6.38. The molecule has 1 heterocycles. The van der Waals surface area contributed by atoms with E-state index >= 15 is 0 Å². The molecule has 0 aliphatic carbocycles. The third-order valence-electron chi connectivity index (χ3n) is 3.10. The van der Waals surface area contributed by atoms with E-state index in [2.05, 4.69) is 51.0 Å². The van der Waals surface area contributed by atoms with Crippen LogP contribution in [0.3, 0.4) is 0 Å². The van der Waals surface area contributed by atoms with E-state index in [4.69, 9.17) is 5.73 Å². The van der Waals surface area contributed by atoms with Gasteiger partial charge in [0, 0.05) is 12.1 Å². The molecular formula is C15H21N3. The maximum absolute atomic E-state index is 5.79. The van der Waals surface area contributed by atoms with Crippen molar-refractivity contribution in [3.63, 3.8) is 0 Å². The molecule has 0 aliphatic heterocycles. The standard InChI is InChI=1S/C15H21N3/c1-10(2)15-13(8-16)9-17-18(15)14-6-11(3)5-12(4)7-14/h5-7,9-10H,8,16H2,1-4H3. The zero-order valence-corrected chi connectivity index (χ0v) is 11.6. The molecule has 0 amide bonds. The summed E-state index contributed by atoms with van der Waals surface area (Å²) in [6.45, 7) is 9.11. The maximum atomic E-state index is 5.79. The van der Waals surface area contributed by atoms with Crippen molar-refractivity contribution in [1.82, 2.24) is 9.78 Å². The van der Waals surface area contributed by atoms with E-state index in [-0.39, 0.29) is 0 Å². The molecule has 2 rings (SSSR count). The largest absolute Gasteiger partial charge is 0.326 e. The Morgan fingerprint density at radius 2 is 1.78 bits per heavy atom. The van der Waals surface area contributed by atoms with Crippen LogP contribution in [0.4, 0.5) is 0 Å². The summed E-state index contributed by atoms with van der Waals surface area (Å²) in [6, 6.07) is 6.49. The van der Waals surface area contributed by atoms with Crippen molar-refractivity contribution in [3.05, 3.63) is 46.8 Å². The van der Waals surface area contributed by atoms with E-state index in [0.29, 0.717) is 12.5 Å². The van der Waals surface area contributed by atoms with Crippen LogP contribution in [0.15, 0.2) is 24.4 Å². The molecule has 2 N–H and O–H groups in total. The Hall–Kier alpha value is -1.61. The van der Waals surface area contributed by atoms with Gasteiger partial charge in [-0.2, -0.15) is 5.10 Å². The second-order valence-electron chi connectivity index (χ2n) is 5.17. The molecule has 3 nitrogen and oxygen atoms in total. The molecule has 0 aliphatic rings. The average Bonchev–Trinajstić information content (AvgIpc) is 2.71. The molecule has 96 valence electrons. The normalized spacial score (nSPS) is 11.2. The van der Waals surface area contributed by atoms with Crippen LogP contribution in [0.1, 0.15) is 42.1 Å². The van der Waals surface area contributed by atoms with Crippen molar-refractivity contribution in [2.75, 3.05) is 0 Å². The summed E-state index contributed by atoms with van der Waals surface area (Å²) in [5.41, 5.74) is 11.8. The average molecular weight is 243 g/mol. The van der Waals surface area contributed by atoms with Crippen LogP contribution in [-0.4, -0.2) is 9.78 Å². The lowest BCUT2D eigenvalue weighted by molar-refractivity contribution is 0.724. The van der Waals surface area contributed by atoms with Crippen LogP contribution in [0.25, 0.3) is 5.69 Å². The number of hydrogen-bond donors (Lipinski definition) is 1. The second kappa shape index (κ2) is 4.94. The summed E-state index contributed by atoms with van der Waals surface area (Å²) in [5.74, 6) is 0.409. The van der Waals surface area contributed by atoms with Crippen molar-refractivity contribution in [2.45, 2.75) is 40.2 Å². The molecule has 0 atom stereocenters. The van der Waals surface area contributed by atoms with Gasteiger partial charge in [-0.3, -0.25) is 0 Å². The fourth-order valence-electron chi connectivity index (χ4n) is 2.44. The van der Waals surface area contributed by atoms with Crippen LogP contribution in [0, 0.1) is 13.8 Å². The number of rotatable bonds is 3. The first-order chi connectivity index (χ1) is 8.52. The number of aryl methyl sites for hydroxylation is 2. The van der Waals surface area contributed by atoms with Crippen molar-refractivity contribution in [1.29, 1.82) is 0 Å². The smallest absolute Gasteiger partial charge is 0.0654 e. The van der Waals surface area contributed by atoms with Gasteiger partial charge in [-0.15, -0.1) is 0 Å². The number of aromatic nitrogens is 2. The number of nitrogens with two attached hydrogens (primary N) is 1. The summed E-state index contributed by atoms with van der Waals surface area (Å²) in [5, 5.41) is 4.50. The summed E-state index contributed by atoms with van der Waals surface area (Å²) < 4.78 is 2.02. The van der Waals surface area contributed by atoms with E-state index < -0.39 is 0 Å². The van der Waals surface area contributed by atoms with Gasteiger partial charge in [0.1, 0.15) is 0 Å². The van der Waals surface area contributed by atoms with Gasteiger partial charge in [-0.1, -0.05) is 19.9 Å². The first-order valence-electron chi connectivity index (χ1n) is 6.38. The van der Waals surface area contributed by atoms with Gasteiger partial charge in [0.15, 0.2) is 0 Å². The quantitative estimate of drug-likeness (QED) is 0.900. The molecule has 0 radical (unpaired) electrons. The Morgan fingerprint density at radius 3 is 2.28 bits per heavy atom. The first kappa shape index (κ1) is 12.8. The van der Waals surface area contributed by atoms with Crippen LogP contribution in [0.2, 0.25) is 0 Å². The predicted octanol–water partition coefficient (Wildman–Crippen LogP) is 3.07. The van der Waals surface area contributed by atoms with Crippen molar-refractivity contribution < 1.29 is 0 Å². The fourth-order valence-corrected chi connectivity index (χ4v) is 2.44. The van der Waals surface area contributed by atoms with E-state index in [9.17, 15) is 0 Å². The minimum absolute atomic E-state index is 0.409. The molecule has 0 saturated carbocycles. The van der Waals surface area contributed by atoms with E-state index in [0.717, 1.165) is 11.3 Å². The Kier molecular flexibility index (Phi) is 3.53.